The summed E-state index contributed by atoms with van der Waals surface area (Å²) in [5.74, 6) is -0.408. The molecule has 0 saturated heterocycles. The van der Waals surface area contributed by atoms with E-state index < -0.39 is 36.6 Å². The van der Waals surface area contributed by atoms with E-state index in [4.69, 9.17) is 4.55 Å². The van der Waals surface area contributed by atoms with Crippen LogP contribution in [0.25, 0.3) is 10.8 Å². The summed E-state index contributed by atoms with van der Waals surface area (Å²) in [4.78, 5) is -1.01. The number of phenolic OH excluding ortho intramolecular Hbond substituents is 1. The van der Waals surface area contributed by atoms with Crippen molar-refractivity contribution in [3.8, 4) is 5.75 Å². The zero-order valence-corrected chi connectivity index (χ0v) is 18.4. The zero-order chi connectivity index (χ0) is 24.5. The van der Waals surface area contributed by atoms with E-state index >= 15 is 0 Å². The van der Waals surface area contributed by atoms with Crippen LogP contribution in [0.5, 0.6) is 5.75 Å². The minimum absolute atomic E-state index is 0.133. The van der Waals surface area contributed by atoms with Crippen LogP contribution < -0.4 is 0 Å². The number of fused-ring (bicyclic) bond motifs is 1. The van der Waals surface area contributed by atoms with Crippen LogP contribution in [-0.2, 0) is 20.2 Å². The van der Waals surface area contributed by atoms with Crippen LogP contribution in [-0.4, -0.2) is 41.2 Å². The molecular formula is C19H14N6O7S2. The Morgan fingerprint density at radius 3 is 2.18 bits per heavy atom. The Kier molecular flexibility index (Phi) is 5.92. The number of hydrogen-bond donors (Lipinski definition) is 4. The fourth-order valence-corrected chi connectivity index (χ4v) is 4.09. The third-order valence-electron chi connectivity index (χ3n) is 4.45. The van der Waals surface area contributed by atoms with E-state index in [9.17, 15) is 26.5 Å². The highest BCUT2D eigenvalue weighted by atomic mass is 32.2. The van der Waals surface area contributed by atoms with Crippen molar-refractivity contribution in [1.82, 2.24) is 10.2 Å². The Balaban J connectivity index is 1.79. The average molecular weight is 502 g/mol. The van der Waals surface area contributed by atoms with Crippen LogP contribution in [0.4, 0.5) is 22.9 Å². The third kappa shape index (κ3) is 4.96. The van der Waals surface area contributed by atoms with Gasteiger partial charge in [0.05, 0.1) is 22.5 Å². The summed E-state index contributed by atoms with van der Waals surface area (Å²) in [6.07, 6.45) is 1.39. The second kappa shape index (κ2) is 8.71. The number of aromatic hydroxyl groups is 1. The molecule has 0 aliphatic heterocycles. The van der Waals surface area contributed by atoms with Gasteiger partial charge in [0.15, 0.2) is 11.6 Å². The molecule has 34 heavy (non-hydrogen) atoms. The maximum atomic E-state index is 11.9. The molecule has 0 bridgehead atoms. The maximum absolute atomic E-state index is 11.9. The molecule has 0 aliphatic rings. The van der Waals surface area contributed by atoms with Crippen LogP contribution in [0.2, 0.25) is 0 Å². The highest BCUT2D eigenvalue weighted by Crippen LogP contribution is 2.42. The first-order chi connectivity index (χ1) is 16.0. The van der Waals surface area contributed by atoms with Gasteiger partial charge in [-0.2, -0.15) is 32.2 Å². The van der Waals surface area contributed by atoms with Crippen molar-refractivity contribution in [3.05, 3.63) is 60.8 Å². The lowest BCUT2D eigenvalue weighted by molar-refractivity contribution is 0.472. The summed E-state index contributed by atoms with van der Waals surface area (Å²) in [5.41, 5.74) is -0.147. The van der Waals surface area contributed by atoms with Gasteiger partial charge in [-0.1, -0.05) is 12.1 Å². The molecule has 0 unspecified atom stereocenters. The molecule has 0 saturated carbocycles. The largest absolute Gasteiger partial charge is 0.505 e. The lowest BCUT2D eigenvalue weighted by atomic mass is 10.1. The molecule has 4 aromatic rings. The molecule has 174 valence electrons. The monoisotopic (exact) mass is 502 g/mol. The average Bonchev–Trinajstić information content (AvgIpc) is 3.30. The molecule has 0 amide bonds. The normalized spacial score (nSPS) is 12.8. The molecule has 0 atom stereocenters. The predicted octanol–water partition coefficient (Wildman–Crippen LogP) is 4.59. The molecular weight excluding hydrogens is 488 g/mol. The number of rotatable bonds is 6. The lowest BCUT2D eigenvalue weighted by Crippen LogP contribution is -1.99. The number of azo groups is 2. The molecule has 4 N–H and O–H groups in total. The number of aromatic nitrogens is 2. The Morgan fingerprint density at radius 2 is 1.53 bits per heavy atom. The molecule has 0 spiro atoms. The Bertz CT molecular complexity index is 1670. The quantitative estimate of drug-likeness (QED) is 0.216. The Labute approximate surface area is 192 Å². The van der Waals surface area contributed by atoms with E-state index in [1.807, 2.05) is 0 Å². The van der Waals surface area contributed by atoms with Gasteiger partial charge in [0, 0.05) is 11.5 Å². The van der Waals surface area contributed by atoms with E-state index in [-0.39, 0.29) is 32.9 Å². The summed E-state index contributed by atoms with van der Waals surface area (Å²) in [7, 11) is -9.18. The number of H-pyrrole nitrogens is 1. The molecule has 1 aromatic heterocycles. The first kappa shape index (κ1) is 23.1. The molecule has 0 radical (unpaired) electrons. The minimum Gasteiger partial charge on any atom is -0.505 e. The summed E-state index contributed by atoms with van der Waals surface area (Å²) in [6.45, 7) is 0. The van der Waals surface area contributed by atoms with Gasteiger partial charge in [-0.25, -0.2) is 0 Å². The molecule has 3 aromatic carbocycles. The first-order valence-electron chi connectivity index (χ1n) is 9.20. The molecule has 0 aliphatic carbocycles. The molecule has 13 nitrogen and oxygen atoms in total. The van der Waals surface area contributed by atoms with Gasteiger partial charge in [0.2, 0.25) is 0 Å². The summed E-state index contributed by atoms with van der Waals surface area (Å²) in [5, 5.41) is 32.7. The standard InChI is InChI=1S/C19H14N6O7S2/c26-19-15-10-13(22-21-12-2-1-3-14(9-12)33(27,28)29)5-4-11(15)8-16(34(30,31)32)18(19)25-24-17-6-7-20-23-17/h1-10,26H,(H,20,23)(H,27,28,29)(H,30,31,32). The van der Waals surface area contributed by atoms with Crippen LogP contribution in [0.1, 0.15) is 0 Å². The van der Waals surface area contributed by atoms with Crippen molar-refractivity contribution in [3.63, 3.8) is 0 Å². The van der Waals surface area contributed by atoms with Crippen molar-refractivity contribution in [2.24, 2.45) is 20.5 Å². The number of hydrogen-bond acceptors (Lipinski definition) is 10. The van der Waals surface area contributed by atoms with Gasteiger partial charge >= 0.3 is 0 Å². The fraction of sp³-hybridized carbons (Fsp3) is 0. The van der Waals surface area contributed by atoms with Crippen molar-refractivity contribution < 1.29 is 31.0 Å². The molecule has 4 rings (SSSR count). The second-order valence-corrected chi connectivity index (χ2v) is 9.58. The number of nitrogens with one attached hydrogen (secondary N) is 1. The van der Waals surface area contributed by atoms with E-state index in [0.717, 1.165) is 12.1 Å². The van der Waals surface area contributed by atoms with Crippen LogP contribution in [0.15, 0.2) is 91.0 Å². The number of nitrogens with zero attached hydrogens (tertiary/aromatic N) is 5. The summed E-state index contributed by atoms with van der Waals surface area (Å²) in [6, 6.07) is 12.0. The smallest absolute Gasteiger partial charge is 0.296 e. The van der Waals surface area contributed by atoms with Gasteiger partial charge in [0.25, 0.3) is 20.2 Å². The topological polar surface area (TPSA) is 207 Å². The van der Waals surface area contributed by atoms with Gasteiger partial charge in [-0.05, 0) is 41.8 Å². The van der Waals surface area contributed by atoms with Gasteiger partial charge in [-0.3, -0.25) is 14.2 Å². The molecule has 0 fully saturated rings. The first-order valence-corrected chi connectivity index (χ1v) is 12.1. The van der Waals surface area contributed by atoms with Gasteiger partial charge in [-0.15, -0.1) is 10.2 Å². The number of phenols is 1. The van der Waals surface area contributed by atoms with E-state index in [0.29, 0.717) is 0 Å². The van der Waals surface area contributed by atoms with Crippen LogP contribution in [0.3, 0.4) is 0 Å². The fourth-order valence-electron chi connectivity index (χ4n) is 2.91. The van der Waals surface area contributed by atoms with E-state index in [1.54, 1.807) is 0 Å². The lowest BCUT2D eigenvalue weighted by Gasteiger charge is -2.09. The molecule has 1 heterocycles. The number of benzene rings is 3. The zero-order valence-electron chi connectivity index (χ0n) is 16.8. The van der Waals surface area contributed by atoms with E-state index in [1.165, 1.54) is 48.7 Å². The Hall–Kier alpha value is -4.05. The SMILES string of the molecule is O=S(=O)(O)c1cccc(N=Nc2ccc3cc(S(=O)(=O)O)c(N=Nc4ccn[nH]4)c(O)c3c2)c1. The van der Waals surface area contributed by atoms with Gasteiger partial charge < -0.3 is 5.11 Å². The highest BCUT2D eigenvalue weighted by molar-refractivity contribution is 7.86. The van der Waals surface area contributed by atoms with Crippen molar-refractivity contribution in [1.29, 1.82) is 0 Å². The van der Waals surface area contributed by atoms with Crippen molar-refractivity contribution in [2.75, 3.05) is 0 Å². The van der Waals surface area contributed by atoms with E-state index in [2.05, 4.69) is 30.7 Å². The number of aromatic amines is 1. The van der Waals surface area contributed by atoms with Crippen LogP contribution in [0, 0.1) is 0 Å². The maximum Gasteiger partial charge on any atom is 0.296 e. The molecule has 15 heteroatoms. The summed E-state index contributed by atoms with van der Waals surface area (Å²) >= 11 is 0. The summed E-state index contributed by atoms with van der Waals surface area (Å²) < 4.78 is 65.0. The van der Waals surface area contributed by atoms with Crippen LogP contribution >= 0.6 is 0 Å². The third-order valence-corrected chi connectivity index (χ3v) is 6.17. The Morgan fingerprint density at radius 1 is 0.794 bits per heavy atom. The predicted molar refractivity (Wildman–Crippen MR) is 119 cm³/mol. The van der Waals surface area contributed by atoms with Crippen molar-refractivity contribution >= 4 is 53.9 Å². The van der Waals surface area contributed by atoms with Crippen molar-refractivity contribution in [2.45, 2.75) is 9.79 Å². The van der Waals surface area contributed by atoms with Gasteiger partial charge in [0.1, 0.15) is 10.6 Å². The minimum atomic E-state index is -4.76. The second-order valence-electron chi connectivity index (χ2n) is 6.77. The highest BCUT2D eigenvalue weighted by Gasteiger charge is 2.22.